The number of hydrogen-bond acceptors (Lipinski definition) is 3. The van der Waals surface area contributed by atoms with Gasteiger partial charge in [0.15, 0.2) is 0 Å². The van der Waals surface area contributed by atoms with Crippen molar-refractivity contribution in [1.82, 2.24) is 9.88 Å². The van der Waals surface area contributed by atoms with Crippen LogP contribution in [0.1, 0.15) is 24.2 Å². The molecule has 0 saturated heterocycles. The van der Waals surface area contributed by atoms with Crippen molar-refractivity contribution in [3.63, 3.8) is 0 Å². The Labute approximate surface area is 112 Å². The van der Waals surface area contributed by atoms with Crippen LogP contribution in [0.4, 0.5) is 5.69 Å². The third-order valence-corrected chi connectivity index (χ3v) is 3.22. The molecule has 1 heterocycles. The van der Waals surface area contributed by atoms with Crippen molar-refractivity contribution in [1.29, 1.82) is 0 Å². The van der Waals surface area contributed by atoms with Crippen molar-refractivity contribution in [2.24, 2.45) is 0 Å². The second-order valence-electron chi connectivity index (χ2n) is 4.50. The smallest absolute Gasteiger partial charge is 0.269 e. The summed E-state index contributed by atoms with van der Waals surface area (Å²) >= 11 is 0. The number of benzene rings is 1. The molecule has 19 heavy (non-hydrogen) atoms. The number of nitrogens with one attached hydrogen (secondary N) is 1. The Morgan fingerprint density at radius 1 is 1.37 bits per heavy atom. The van der Waals surface area contributed by atoms with Crippen LogP contribution in [0.3, 0.4) is 0 Å². The molecule has 5 nitrogen and oxygen atoms in total. The molecule has 1 aromatic carbocycles. The van der Waals surface area contributed by atoms with E-state index in [0.717, 1.165) is 11.3 Å². The van der Waals surface area contributed by atoms with Crippen LogP contribution in [0.2, 0.25) is 0 Å². The molecule has 2 rings (SSSR count). The predicted octanol–water partition coefficient (Wildman–Crippen LogP) is 2.73. The van der Waals surface area contributed by atoms with Crippen LogP contribution in [0.5, 0.6) is 0 Å². The van der Waals surface area contributed by atoms with E-state index in [4.69, 9.17) is 0 Å². The molecule has 0 spiro atoms. The highest BCUT2D eigenvalue weighted by atomic mass is 16.6. The lowest BCUT2D eigenvalue weighted by molar-refractivity contribution is -0.384. The lowest BCUT2D eigenvalue weighted by atomic mass is 10.2. The van der Waals surface area contributed by atoms with E-state index in [1.165, 1.54) is 6.07 Å². The summed E-state index contributed by atoms with van der Waals surface area (Å²) in [6.45, 7) is 2.72. The maximum Gasteiger partial charge on any atom is 0.269 e. The van der Waals surface area contributed by atoms with Crippen LogP contribution in [-0.4, -0.2) is 16.5 Å². The van der Waals surface area contributed by atoms with Gasteiger partial charge >= 0.3 is 0 Å². The molecule has 1 unspecified atom stereocenters. The summed E-state index contributed by atoms with van der Waals surface area (Å²) in [4.78, 5) is 10.4. The van der Waals surface area contributed by atoms with Crippen LogP contribution < -0.4 is 5.32 Å². The van der Waals surface area contributed by atoms with Gasteiger partial charge in [-0.15, -0.1) is 0 Å². The molecule has 100 valence electrons. The molecule has 0 aliphatic heterocycles. The summed E-state index contributed by atoms with van der Waals surface area (Å²) < 4.78 is 2.10. The second kappa shape index (κ2) is 5.67. The van der Waals surface area contributed by atoms with Crippen LogP contribution in [0, 0.1) is 10.1 Å². The topological polar surface area (TPSA) is 60.1 Å². The standard InChI is InChI=1S/C14H17N3O2/c1-11(15-2)14-7-4-8-16(14)10-12-5-3-6-13(9-12)17(18)19/h3-9,11,15H,10H2,1-2H3. The van der Waals surface area contributed by atoms with E-state index in [-0.39, 0.29) is 16.7 Å². The van der Waals surface area contributed by atoms with E-state index >= 15 is 0 Å². The van der Waals surface area contributed by atoms with Crippen LogP contribution in [-0.2, 0) is 6.54 Å². The van der Waals surface area contributed by atoms with Gasteiger partial charge in [0.2, 0.25) is 0 Å². The fourth-order valence-corrected chi connectivity index (χ4v) is 2.08. The van der Waals surface area contributed by atoms with Gasteiger partial charge in [0.25, 0.3) is 5.69 Å². The highest BCUT2D eigenvalue weighted by Crippen LogP contribution is 2.18. The normalized spacial score (nSPS) is 12.3. The zero-order chi connectivity index (χ0) is 13.8. The lowest BCUT2D eigenvalue weighted by Crippen LogP contribution is -2.16. The molecule has 1 atom stereocenters. The quantitative estimate of drug-likeness (QED) is 0.663. The minimum absolute atomic E-state index is 0.132. The van der Waals surface area contributed by atoms with Gasteiger partial charge < -0.3 is 9.88 Å². The molecule has 1 N–H and O–H groups in total. The number of nitro benzene ring substituents is 1. The Morgan fingerprint density at radius 3 is 2.84 bits per heavy atom. The van der Waals surface area contributed by atoms with Gasteiger partial charge in [-0.3, -0.25) is 10.1 Å². The van der Waals surface area contributed by atoms with E-state index in [1.807, 2.05) is 25.4 Å². The van der Waals surface area contributed by atoms with E-state index in [9.17, 15) is 10.1 Å². The van der Waals surface area contributed by atoms with E-state index in [0.29, 0.717) is 6.54 Å². The highest BCUT2D eigenvalue weighted by molar-refractivity contribution is 5.34. The average Bonchev–Trinajstić information content (AvgIpc) is 2.86. The van der Waals surface area contributed by atoms with Crippen molar-refractivity contribution >= 4 is 5.69 Å². The van der Waals surface area contributed by atoms with Gasteiger partial charge in [-0.2, -0.15) is 0 Å². The summed E-state index contributed by atoms with van der Waals surface area (Å²) in [6.07, 6.45) is 1.99. The lowest BCUT2D eigenvalue weighted by Gasteiger charge is -2.15. The summed E-state index contributed by atoms with van der Waals surface area (Å²) in [7, 11) is 1.91. The van der Waals surface area contributed by atoms with Gasteiger partial charge in [0.1, 0.15) is 0 Å². The van der Waals surface area contributed by atoms with Crippen LogP contribution >= 0.6 is 0 Å². The SMILES string of the molecule is CNC(C)c1cccn1Cc1cccc([N+](=O)[O-])c1. The molecule has 0 aliphatic carbocycles. The summed E-state index contributed by atoms with van der Waals surface area (Å²) in [5, 5.41) is 14.0. The molecular weight excluding hydrogens is 242 g/mol. The van der Waals surface area contributed by atoms with Crippen LogP contribution in [0.25, 0.3) is 0 Å². The Hall–Kier alpha value is -2.14. The van der Waals surface area contributed by atoms with E-state index < -0.39 is 0 Å². The minimum Gasteiger partial charge on any atom is -0.346 e. The predicted molar refractivity (Wildman–Crippen MR) is 74.1 cm³/mol. The summed E-state index contributed by atoms with van der Waals surface area (Å²) in [6, 6.07) is 11.0. The molecule has 0 aliphatic rings. The Bertz CT molecular complexity index is 578. The highest BCUT2D eigenvalue weighted by Gasteiger charge is 2.10. The maximum atomic E-state index is 10.8. The van der Waals surface area contributed by atoms with Crippen molar-refractivity contribution in [2.45, 2.75) is 19.5 Å². The number of aromatic nitrogens is 1. The molecule has 0 saturated carbocycles. The fourth-order valence-electron chi connectivity index (χ4n) is 2.08. The van der Waals surface area contributed by atoms with Crippen molar-refractivity contribution in [2.75, 3.05) is 7.05 Å². The average molecular weight is 259 g/mol. The zero-order valence-electron chi connectivity index (χ0n) is 11.0. The Balaban J connectivity index is 2.24. The van der Waals surface area contributed by atoms with Gasteiger partial charge in [-0.05, 0) is 31.7 Å². The number of nitro groups is 1. The van der Waals surface area contributed by atoms with E-state index in [1.54, 1.807) is 12.1 Å². The number of non-ortho nitro benzene ring substituents is 1. The Morgan fingerprint density at radius 2 is 2.16 bits per heavy atom. The van der Waals surface area contributed by atoms with Gasteiger partial charge in [0.05, 0.1) is 4.92 Å². The largest absolute Gasteiger partial charge is 0.346 e. The first-order valence-electron chi connectivity index (χ1n) is 6.17. The monoisotopic (exact) mass is 259 g/mol. The minimum atomic E-state index is -0.365. The molecule has 1 aromatic heterocycles. The van der Waals surface area contributed by atoms with Crippen LogP contribution in [0.15, 0.2) is 42.6 Å². The molecule has 0 bridgehead atoms. The summed E-state index contributed by atoms with van der Waals surface area (Å²) in [5.74, 6) is 0. The zero-order valence-corrected chi connectivity index (χ0v) is 11.0. The Kier molecular flexibility index (Phi) is 3.97. The molecule has 2 aromatic rings. The number of hydrogen-bond donors (Lipinski definition) is 1. The van der Waals surface area contributed by atoms with Crippen molar-refractivity contribution in [3.8, 4) is 0 Å². The van der Waals surface area contributed by atoms with Gasteiger partial charge in [-0.25, -0.2) is 0 Å². The van der Waals surface area contributed by atoms with Gasteiger partial charge in [0, 0.05) is 36.6 Å². The first-order valence-corrected chi connectivity index (χ1v) is 6.17. The molecule has 5 heteroatoms. The van der Waals surface area contributed by atoms with Crippen molar-refractivity contribution < 1.29 is 4.92 Å². The maximum absolute atomic E-state index is 10.8. The van der Waals surface area contributed by atoms with E-state index in [2.05, 4.69) is 22.9 Å². The number of rotatable bonds is 5. The third kappa shape index (κ3) is 3.00. The van der Waals surface area contributed by atoms with Crippen molar-refractivity contribution in [3.05, 3.63) is 64.0 Å². The fraction of sp³-hybridized carbons (Fsp3) is 0.286. The molecule has 0 fully saturated rings. The summed E-state index contributed by atoms with van der Waals surface area (Å²) in [5.41, 5.74) is 2.22. The first-order chi connectivity index (χ1) is 9.11. The second-order valence-corrected chi connectivity index (χ2v) is 4.50. The first kappa shape index (κ1) is 13.3. The molecule has 0 radical (unpaired) electrons. The molecular formula is C14H17N3O2. The van der Waals surface area contributed by atoms with Gasteiger partial charge in [-0.1, -0.05) is 12.1 Å². The third-order valence-electron chi connectivity index (χ3n) is 3.22. The molecule has 0 amide bonds. The number of nitrogens with zero attached hydrogens (tertiary/aromatic N) is 2.